The van der Waals surface area contributed by atoms with Gasteiger partial charge in [-0.05, 0) is 66.8 Å². The Labute approximate surface area is 134 Å². The fraction of sp³-hybridized carbons (Fsp3) is 0.850. The second-order valence-electron chi connectivity index (χ2n) is 9.57. The van der Waals surface area contributed by atoms with Gasteiger partial charge in [0.1, 0.15) is 6.10 Å². The van der Waals surface area contributed by atoms with Gasteiger partial charge < -0.3 is 4.74 Å². The van der Waals surface area contributed by atoms with Crippen molar-refractivity contribution in [2.24, 2.45) is 28.1 Å². The number of esters is 1. The first-order valence-electron chi connectivity index (χ1n) is 9.18. The molecule has 0 aromatic heterocycles. The summed E-state index contributed by atoms with van der Waals surface area (Å²) in [5, 5.41) is 0. The van der Waals surface area contributed by atoms with Crippen molar-refractivity contribution in [2.45, 2.75) is 78.7 Å². The molecule has 0 saturated heterocycles. The van der Waals surface area contributed by atoms with Crippen molar-refractivity contribution in [3.63, 3.8) is 0 Å². The molecule has 3 fully saturated rings. The molecule has 0 amide bonds. The number of hydrogen-bond acceptors (Lipinski definition) is 2. The number of carbonyl (C=O) groups is 1. The normalized spacial score (nSPS) is 49.5. The lowest BCUT2D eigenvalue weighted by atomic mass is 9.40. The summed E-state index contributed by atoms with van der Waals surface area (Å²) in [6.07, 6.45) is 10.8. The molecule has 122 valence electrons. The minimum Gasteiger partial charge on any atom is -0.454 e. The standard InChI is InChI=1S/C20H30O2/c1-18(2)9-5-10-19(3)14(18)8-11-20(4)15(19)7-6-13-12-16(21)22-17(13)20/h12,14-15,17H,5-11H2,1-4H3. The van der Waals surface area contributed by atoms with E-state index in [4.69, 9.17) is 4.74 Å². The Kier molecular flexibility index (Phi) is 2.95. The van der Waals surface area contributed by atoms with Gasteiger partial charge in [0.05, 0.1) is 0 Å². The van der Waals surface area contributed by atoms with Gasteiger partial charge in [-0.25, -0.2) is 4.79 Å². The molecule has 3 saturated carbocycles. The predicted molar refractivity (Wildman–Crippen MR) is 87.3 cm³/mol. The van der Waals surface area contributed by atoms with Crippen molar-refractivity contribution in [1.82, 2.24) is 0 Å². The van der Waals surface area contributed by atoms with Crippen LogP contribution >= 0.6 is 0 Å². The third-order valence-corrected chi connectivity index (χ3v) is 8.03. The number of hydrogen-bond donors (Lipinski definition) is 0. The topological polar surface area (TPSA) is 26.3 Å². The van der Waals surface area contributed by atoms with Gasteiger partial charge in [-0.2, -0.15) is 0 Å². The summed E-state index contributed by atoms with van der Waals surface area (Å²) < 4.78 is 5.78. The van der Waals surface area contributed by atoms with Crippen LogP contribution < -0.4 is 0 Å². The zero-order chi connectivity index (χ0) is 15.8. The second kappa shape index (κ2) is 4.39. The summed E-state index contributed by atoms with van der Waals surface area (Å²) in [4.78, 5) is 11.8. The molecule has 0 aromatic carbocycles. The SMILES string of the molecule is CC1(C)CCCC2(C)C1CCC1(C)C3OC(=O)C=C3CCC12. The van der Waals surface area contributed by atoms with Crippen molar-refractivity contribution in [3.8, 4) is 0 Å². The number of fused-ring (bicyclic) bond motifs is 5. The summed E-state index contributed by atoms with van der Waals surface area (Å²) in [5.74, 6) is 1.43. The molecule has 0 radical (unpaired) electrons. The monoisotopic (exact) mass is 302 g/mol. The molecular formula is C20H30O2. The van der Waals surface area contributed by atoms with Gasteiger partial charge in [-0.3, -0.25) is 0 Å². The number of carbonyl (C=O) groups excluding carboxylic acids is 1. The van der Waals surface area contributed by atoms with Crippen LogP contribution in [0.5, 0.6) is 0 Å². The first-order chi connectivity index (χ1) is 10.3. The van der Waals surface area contributed by atoms with Crippen LogP contribution in [0.2, 0.25) is 0 Å². The molecule has 0 bridgehead atoms. The third-order valence-electron chi connectivity index (χ3n) is 8.03. The van der Waals surface area contributed by atoms with Crippen LogP contribution in [0.1, 0.15) is 72.6 Å². The molecule has 2 nitrogen and oxygen atoms in total. The summed E-state index contributed by atoms with van der Waals surface area (Å²) in [7, 11) is 0. The largest absolute Gasteiger partial charge is 0.454 e. The lowest BCUT2D eigenvalue weighted by molar-refractivity contribution is -0.180. The van der Waals surface area contributed by atoms with Gasteiger partial charge in [-0.15, -0.1) is 0 Å². The second-order valence-corrected chi connectivity index (χ2v) is 9.57. The summed E-state index contributed by atoms with van der Waals surface area (Å²) in [6, 6.07) is 0. The molecule has 0 spiro atoms. The first-order valence-corrected chi connectivity index (χ1v) is 9.18. The van der Waals surface area contributed by atoms with Gasteiger partial charge in [0.25, 0.3) is 0 Å². The van der Waals surface area contributed by atoms with Crippen LogP contribution in [0, 0.1) is 28.1 Å². The third kappa shape index (κ3) is 1.76. The first kappa shape index (κ1) is 14.8. The predicted octanol–water partition coefficient (Wildman–Crippen LogP) is 4.88. The quantitative estimate of drug-likeness (QED) is 0.596. The van der Waals surface area contributed by atoms with Crippen molar-refractivity contribution in [2.75, 3.05) is 0 Å². The zero-order valence-electron chi connectivity index (χ0n) is 14.6. The highest BCUT2D eigenvalue weighted by molar-refractivity contribution is 5.86. The summed E-state index contributed by atoms with van der Waals surface area (Å²) in [6.45, 7) is 9.95. The van der Waals surface area contributed by atoms with E-state index in [1.165, 1.54) is 44.1 Å². The molecule has 5 unspecified atom stereocenters. The molecule has 2 heteroatoms. The molecule has 0 N–H and O–H groups in total. The van der Waals surface area contributed by atoms with Crippen LogP contribution in [0.15, 0.2) is 11.6 Å². The lowest BCUT2D eigenvalue weighted by Crippen LogP contribution is -2.59. The van der Waals surface area contributed by atoms with E-state index < -0.39 is 0 Å². The zero-order valence-corrected chi connectivity index (χ0v) is 14.6. The number of rotatable bonds is 0. The van der Waals surface area contributed by atoms with Crippen molar-refractivity contribution >= 4 is 5.97 Å². The molecule has 22 heavy (non-hydrogen) atoms. The Hall–Kier alpha value is -0.790. The Morgan fingerprint density at radius 1 is 1.00 bits per heavy atom. The van der Waals surface area contributed by atoms with Crippen molar-refractivity contribution in [1.29, 1.82) is 0 Å². The fourth-order valence-corrected chi connectivity index (χ4v) is 7.18. The van der Waals surface area contributed by atoms with Gasteiger partial charge >= 0.3 is 5.97 Å². The van der Waals surface area contributed by atoms with E-state index in [0.29, 0.717) is 16.7 Å². The molecule has 4 aliphatic rings. The van der Waals surface area contributed by atoms with E-state index in [1.807, 2.05) is 0 Å². The van der Waals surface area contributed by atoms with Crippen molar-refractivity contribution < 1.29 is 9.53 Å². The van der Waals surface area contributed by atoms with Crippen LogP contribution in [0.25, 0.3) is 0 Å². The van der Waals surface area contributed by atoms with Crippen molar-refractivity contribution in [3.05, 3.63) is 11.6 Å². The molecule has 1 aliphatic heterocycles. The summed E-state index contributed by atoms with van der Waals surface area (Å²) >= 11 is 0. The van der Waals surface area contributed by atoms with Gasteiger partial charge in [0.15, 0.2) is 0 Å². The highest BCUT2D eigenvalue weighted by Crippen LogP contribution is 2.68. The Bertz CT molecular complexity index is 546. The van der Waals surface area contributed by atoms with E-state index >= 15 is 0 Å². The number of ether oxygens (including phenoxy) is 1. The van der Waals surface area contributed by atoms with Gasteiger partial charge in [0, 0.05) is 11.5 Å². The highest BCUT2D eigenvalue weighted by Gasteiger charge is 2.63. The molecule has 4 rings (SSSR count). The Morgan fingerprint density at radius 2 is 1.77 bits per heavy atom. The van der Waals surface area contributed by atoms with Crippen LogP contribution in [-0.2, 0) is 9.53 Å². The van der Waals surface area contributed by atoms with E-state index in [0.717, 1.165) is 12.3 Å². The molecular weight excluding hydrogens is 272 g/mol. The summed E-state index contributed by atoms with van der Waals surface area (Å²) in [5.41, 5.74) is 2.34. The molecule has 0 aromatic rings. The average Bonchev–Trinajstić information content (AvgIpc) is 2.79. The van der Waals surface area contributed by atoms with E-state index in [1.54, 1.807) is 6.08 Å². The van der Waals surface area contributed by atoms with Gasteiger partial charge in [-0.1, -0.05) is 34.1 Å². The fourth-order valence-electron chi connectivity index (χ4n) is 7.18. The maximum atomic E-state index is 11.8. The Balaban J connectivity index is 1.74. The minimum atomic E-state index is -0.0990. The minimum absolute atomic E-state index is 0.0709. The van der Waals surface area contributed by atoms with Crippen LogP contribution in [0.3, 0.4) is 0 Å². The van der Waals surface area contributed by atoms with E-state index in [2.05, 4.69) is 27.7 Å². The van der Waals surface area contributed by atoms with Crippen LogP contribution in [-0.4, -0.2) is 12.1 Å². The van der Waals surface area contributed by atoms with E-state index in [9.17, 15) is 4.79 Å². The van der Waals surface area contributed by atoms with E-state index in [-0.39, 0.29) is 17.5 Å². The van der Waals surface area contributed by atoms with Gasteiger partial charge in [0.2, 0.25) is 0 Å². The lowest BCUT2D eigenvalue weighted by Gasteiger charge is -2.65. The maximum absolute atomic E-state index is 11.8. The molecule has 3 aliphatic carbocycles. The average molecular weight is 302 g/mol. The Morgan fingerprint density at radius 3 is 2.55 bits per heavy atom. The van der Waals surface area contributed by atoms with Crippen LogP contribution in [0.4, 0.5) is 0 Å². The smallest absolute Gasteiger partial charge is 0.331 e. The molecule has 5 atom stereocenters. The maximum Gasteiger partial charge on any atom is 0.331 e. The molecule has 1 heterocycles. The highest BCUT2D eigenvalue weighted by atomic mass is 16.5.